The first kappa shape index (κ1) is 35.7. The van der Waals surface area contributed by atoms with Gasteiger partial charge in [-0.25, -0.2) is 8.42 Å². The van der Waals surface area contributed by atoms with Crippen LogP contribution in [0.1, 0.15) is 73.1 Å². The number of ether oxygens (including phenoxy) is 1. The minimum atomic E-state index is -3.46. The van der Waals surface area contributed by atoms with Crippen LogP contribution < -0.4 is 38.5 Å². The molecular formula is C33H54IN3O3S. The highest BCUT2D eigenvalue weighted by atomic mass is 127. The largest absolute Gasteiger partial charge is 1.00 e. The Bertz CT molecular complexity index is 1160. The zero-order valence-electron chi connectivity index (χ0n) is 26.6. The van der Waals surface area contributed by atoms with E-state index in [1.165, 1.54) is 0 Å². The fraction of sp³-hybridized carbons (Fsp3) is 0.636. The molecule has 0 saturated carbocycles. The van der Waals surface area contributed by atoms with Crippen molar-refractivity contribution in [1.29, 1.82) is 0 Å². The standard InChI is InChI=1S/C33H54N3O3S.HI/c1-8-13-21-33(22-14-9-2)26-35(31-25-29(34(6)7)17-20-32(31)40(37,38)27-33)28-15-18-30(19-16-28)39-24-23-36(10-3,11-4)12-5;/h15-20,25H,8-14,21-24,26-27H2,1-7H3;1H/q+1;/p-1. The minimum Gasteiger partial charge on any atom is -1.00 e. The Hall–Kier alpha value is -1.52. The number of unbranched alkanes of at least 4 members (excludes halogenated alkanes) is 2. The van der Waals surface area contributed by atoms with E-state index in [0.717, 1.165) is 92.0 Å². The molecule has 0 aromatic heterocycles. The number of halogens is 1. The summed E-state index contributed by atoms with van der Waals surface area (Å²) in [6.45, 7) is 16.8. The molecule has 0 N–H and O–H groups in total. The Labute approximate surface area is 268 Å². The van der Waals surface area contributed by atoms with Gasteiger partial charge >= 0.3 is 0 Å². The molecule has 41 heavy (non-hydrogen) atoms. The molecule has 0 aliphatic carbocycles. The maximum absolute atomic E-state index is 14.0. The predicted octanol–water partition coefficient (Wildman–Crippen LogP) is 4.30. The molecule has 6 nitrogen and oxygen atoms in total. The van der Waals surface area contributed by atoms with Crippen molar-refractivity contribution in [3.05, 3.63) is 42.5 Å². The van der Waals surface area contributed by atoms with Gasteiger partial charge in [0, 0.05) is 37.4 Å². The lowest BCUT2D eigenvalue weighted by atomic mass is 9.79. The van der Waals surface area contributed by atoms with Crippen LogP contribution in [0.15, 0.2) is 47.4 Å². The van der Waals surface area contributed by atoms with E-state index in [2.05, 4.69) is 51.7 Å². The maximum atomic E-state index is 14.0. The number of fused-ring (bicyclic) bond motifs is 1. The summed E-state index contributed by atoms with van der Waals surface area (Å²) >= 11 is 0. The molecular weight excluding hydrogens is 645 g/mol. The second-order valence-corrected chi connectivity index (χ2v) is 13.9. The third kappa shape index (κ3) is 8.75. The molecule has 0 unspecified atom stereocenters. The van der Waals surface area contributed by atoms with Crippen LogP contribution in [0.3, 0.4) is 0 Å². The third-order valence-electron chi connectivity index (χ3n) is 9.19. The molecule has 1 heterocycles. The van der Waals surface area contributed by atoms with E-state index in [1.54, 1.807) is 0 Å². The summed E-state index contributed by atoms with van der Waals surface area (Å²) in [4.78, 5) is 4.76. The van der Waals surface area contributed by atoms with Gasteiger partial charge in [0.25, 0.3) is 0 Å². The van der Waals surface area contributed by atoms with Gasteiger partial charge in [0.1, 0.15) is 18.9 Å². The van der Waals surface area contributed by atoms with E-state index in [-0.39, 0.29) is 35.1 Å². The monoisotopic (exact) mass is 699 g/mol. The second-order valence-electron chi connectivity index (χ2n) is 12.0. The van der Waals surface area contributed by atoms with E-state index in [0.29, 0.717) is 18.0 Å². The summed E-state index contributed by atoms with van der Waals surface area (Å²) < 4.78 is 35.2. The topological polar surface area (TPSA) is 49.9 Å². The predicted molar refractivity (Wildman–Crippen MR) is 170 cm³/mol. The van der Waals surface area contributed by atoms with Crippen LogP contribution in [0.5, 0.6) is 5.75 Å². The number of quaternary nitrogens is 1. The summed E-state index contributed by atoms with van der Waals surface area (Å²) in [5, 5.41) is 0. The van der Waals surface area contributed by atoms with E-state index >= 15 is 0 Å². The Morgan fingerprint density at radius 1 is 0.902 bits per heavy atom. The molecule has 0 radical (unpaired) electrons. The van der Waals surface area contributed by atoms with Gasteiger partial charge < -0.3 is 43.0 Å². The molecule has 1 aliphatic rings. The lowest BCUT2D eigenvalue weighted by Crippen LogP contribution is -3.00. The van der Waals surface area contributed by atoms with Crippen molar-refractivity contribution in [2.45, 2.75) is 78.0 Å². The molecule has 1 aliphatic heterocycles. The first-order valence-electron chi connectivity index (χ1n) is 15.5. The van der Waals surface area contributed by atoms with Crippen LogP contribution >= 0.6 is 0 Å². The zero-order valence-corrected chi connectivity index (χ0v) is 29.6. The van der Waals surface area contributed by atoms with Gasteiger partial charge in [0.2, 0.25) is 0 Å². The molecule has 0 fully saturated rings. The van der Waals surface area contributed by atoms with Gasteiger partial charge in [0.05, 0.1) is 36.0 Å². The number of sulfone groups is 1. The summed E-state index contributed by atoms with van der Waals surface area (Å²) in [6.07, 6.45) is 6.03. The smallest absolute Gasteiger partial charge is 0.181 e. The van der Waals surface area contributed by atoms with E-state index < -0.39 is 9.84 Å². The Morgan fingerprint density at radius 2 is 1.49 bits per heavy atom. The maximum Gasteiger partial charge on any atom is 0.181 e. The second kappa shape index (κ2) is 15.8. The van der Waals surface area contributed by atoms with Crippen molar-refractivity contribution in [1.82, 2.24) is 0 Å². The van der Waals surface area contributed by atoms with Crippen LogP contribution in [-0.4, -0.2) is 72.1 Å². The first-order chi connectivity index (χ1) is 19.1. The SMILES string of the molecule is CCCCC1(CCCC)CN(c2ccc(OCC[N+](CC)(CC)CC)cc2)c2cc(N(C)C)ccc2S(=O)(=O)C1.[I-]. The molecule has 0 atom stereocenters. The fourth-order valence-corrected chi connectivity index (χ4v) is 8.30. The summed E-state index contributed by atoms with van der Waals surface area (Å²) in [5.41, 5.74) is 2.50. The quantitative estimate of drug-likeness (QED) is 0.205. The van der Waals surface area contributed by atoms with Gasteiger partial charge in [-0.15, -0.1) is 0 Å². The Kier molecular flexibility index (Phi) is 13.8. The first-order valence-corrected chi connectivity index (χ1v) is 17.1. The lowest BCUT2D eigenvalue weighted by molar-refractivity contribution is -0.923. The number of benzene rings is 2. The number of nitrogens with zero attached hydrogens (tertiary/aromatic N) is 3. The summed E-state index contributed by atoms with van der Waals surface area (Å²) in [7, 11) is 0.540. The Balaban J connectivity index is 0.00000588. The van der Waals surface area contributed by atoms with Crippen molar-refractivity contribution in [2.75, 3.05) is 69.0 Å². The normalized spacial score (nSPS) is 15.9. The Morgan fingerprint density at radius 3 is 2.00 bits per heavy atom. The number of likely N-dealkylation sites (N-methyl/N-ethyl adjacent to an activating group) is 1. The van der Waals surface area contributed by atoms with Gasteiger partial charge in [-0.1, -0.05) is 39.5 Å². The molecule has 0 amide bonds. The van der Waals surface area contributed by atoms with Gasteiger partial charge in [-0.05, 0) is 76.1 Å². The zero-order chi connectivity index (χ0) is 29.4. The molecule has 3 rings (SSSR count). The highest BCUT2D eigenvalue weighted by Gasteiger charge is 2.42. The van der Waals surface area contributed by atoms with Crippen molar-refractivity contribution in [3.8, 4) is 5.75 Å². The van der Waals surface area contributed by atoms with E-state index in [1.807, 2.05) is 49.3 Å². The number of rotatable bonds is 15. The van der Waals surface area contributed by atoms with Gasteiger partial charge in [-0.3, -0.25) is 0 Å². The fourth-order valence-electron chi connectivity index (χ4n) is 6.19. The molecule has 0 saturated heterocycles. The van der Waals surface area contributed by atoms with Crippen LogP contribution in [0.2, 0.25) is 0 Å². The van der Waals surface area contributed by atoms with Crippen molar-refractivity contribution < 1.29 is 41.6 Å². The highest BCUT2D eigenvalue weighted by molar-refractivity contribution is 7.91. The number of hydrogen-bond donors (Lipinski definition) is 0. The molecule has 232 valence electrons. The summed E-state index contributed by atoms with van der Waals surface area (Å²) in [6, 6.07) is 14.1. The van der Waals surface area contributed by atoms with Gasteiger partial charge in [0.15, 0.2) is 9.84 Å². The van der Waals surface area contributed by atoms with Crippen LogP contribution in [0, 0.1) is 5.41 Å². The average molecular weight is 700 g/mol. The number of hydrogen-bond acceptors (Lipinski definition) is 5. The molecule has 2 aromatic carbocycles. The minimum absolute atomic E-state index is 0. The van der Waals surface area contributed by atoms with Crippen molar-refractivity contribution in [3.63, 3.8) is 0 Å². The average Bonchev–Trinajstić information content (AvgIpc) is 3.05. The number of anilines is 3. The van der Waals surface area contributed by atoms with Crippen LogP contribution in [0.25, 0.3) is 0 Å². The van der Waals surface area contributed by atoms with E-state index in [4.69, 9.17) is 4.74 Å². The molecule has 2 aromatic rings. The van der Waals surface area contributed by atoms with Crippen LogP contribution in [0.4, 0.5) is 17.1 Å². The van der Waals surface area contributed by atoms with Gasteiger partial charge in [-0.2, -0.15) is 0 Å². The van der Waals surface area contributed by atoms with E-state index in [9.17, 15) is 8.42 Å². The molecule has 8 heteroatoms. The van der Waals surface area contributed by atoms with Crippen LogP contribution in [-0.2, 0) is 9.84 Å². The molecule has 0 bridgehead atoms. The summed E-state index contributed by atoms with van der Waals surface area (Å²) in [5.74, 6) is 1.07. The highest BCUT2D eigenvalue weighted by Crippen LogP contribution is 2.46. The lowest BCUT2D eigenvalue weighted by Gasteiger charge is -2.37. The third-order valence-corrected chi connectivity index (χ3v) is 11.2. The van der Waals surface area contributed by atoms with Crippen molar-refractivity contribution in [2.24, 2.45) is 5.41 Å². The van der Waals surface area contributed by atoms with Crippen molar-refractivity contribution >= 4 is 26.9 Å². The molecule has 0 spiro atoms.